The number of nitrogens with zero attached hydrogens (tertiary/aromatic N) is 5. The molecule has 1 aromatic carbocycles. The molecule has 0 fully saturated rings. The van der Waals surface area contributed by atoms with E-state index in [9.17, 15) is 4.79 Å². The van der Waals surface area contributed by atoms with E-state index in [0.717, 1.165) is 17.8 Å². The smallest absolute Gasteiger partial charge is 0.254 e. The third-order valence-corrected chi connectivity index (χ3v) is 3.65. The summed E-state index contributed by atoms with van der Waals surface area (Å²) >= 11 is 0. The van der Waals surface area contributed by atoms with E-state index < -0.39 is 0 Å². The number of carbonyl (C=O) groups is 1. The van der Waals surface area contributed by atoms with Gasteiger partial charge in [0.15, 0.2) is 0 Å². The van der Waals surface area contributed by atoms with Crippen LogP contribution in [0.3, 0.4) is 0 Å². The monoisotopic (exact) mass is 310 g/mol. The average molecular weight is 310 g/mol. The van der Waals surface area contributed by atoms with Crippen molar-refractivity contribution in [2.45, 2.75) is 26.4 Å². The molecule has 0 bridgehead atoms. The van der Waals surface area contributed by atoms with Crippen molar-refractivity contribution in [2.24, 2.45) is 0 Å². The molecule has 1 unspecified atom stereocenters. The molecule has 3 rings (SSSR count). The molecule has 1 N–H and O–H groups in total. The van der Waals surface area contributed by atoms with E-state index in [-0.39, 0.29) is 11.9 Å². The van der Waals surface area contributed by atoms with Gasteiger partial charge in [0.05, 0.1) is 35.9 Å². The van der Waals surface area contributed by atoms with E-state index in [4.69, 9.17) is 0 Å². The lowest BCUT2D eigenvalue weighted by Gasteiger charge is -2.14. The van der Waals surface area contributed by atoms with Crippen LogP contribution in [0.1, 0.15) is 35.8 Å². The summed E-state index contributed by atoms with van der Waals surface area (Å²) < 4.78 is 3.42. The van der Waals surface area contributed by atoms with Crippen molar-refractivity contribution >= 4 is 5.91 Å². The van der Waals surface area contributed by atoms with Crippen molar-refractivity contribution in [1.29, 1.82) is 0 Å². The molecule has 23 heavy (non-hydrogen) atoms. The van der Waals surface area contributed by atoms with Crippen LogP contribution in [0.2, 0.25) is 0 Å². The second-order valence-corrected chi connectivity index (χ2v) is 5.22. The van der Waals surface area contributed by atoms with Crippen LogP contribution in [0.15, 0.2) is 49.1 Å². The molecule has 0 radical (unpaired) electrons. The molecular weight excluding hydrogens is 292 g/mol. The first-order valence-corrected chi connectivity index (χ1v) is 7.47. The Morgan fingerprint density at radius 2 is 2.09 bits per heavy atom. The molecule has 0 aliphatic carbocycles. The number of aryl methyl sites for hydroxylation is 1. The van der Waals surface area contributed by atoms with Gasteiger partial charge in [0.2, 0.25) is 0 Å². The first-order chi connectivity index (χ1) is 11.2. The summed E-state index contributed by atoms with van der Waals surface area (Å²) in [6, 6.07) is 7.73. The maximum atomic E-state index is 12.2. The number of hydrogen-bond acceptors (Lipinski definition) is 4. The van der Waals surface area contributed by atoms with Crippen molar-refractivity contribution in [2.75, 3.05) is 0 Å². The van der Waals surface area contributed by atoms with Crippen molar-refractivity contribution in [1.82, 2.24) is 30.1 Å². The van der Waals surface area contributed by atoms with Gasteiger partial charge in [-0.05, 0) is 31.5 Å². The van der Waals surface area contributed by atoms with Crippen molar-refractivity contribution in [3.8, 4) is 5.69 Å². The summed E-state index contributed by atoms with van der Waals surface area (Å²) in [6.45, 7) is 4.67. The number of amides is 1. The van der Waals surface area contributed by atoms with Crippen LogP contribution >= 0.6 is 0 Å². The maximum absolute atomic E-state index is 12.2. The van der Waals surface area contributed by atoms with Gasteiger partial charge in [-0.2, -0.15) is 5.10 Å². The van der Waals surface area contributed by atoms with Crippen LogP contribution in [0, 0.1) is 0 Å². The third kappa shape index (κ3) is 3.28. The molecule has 0 aliphatic heterocycles. The number of rotatable bonds is 5. The van der Waals surface area contributed by atoms with Gasteiger partial charge in [0.1, 0.15) is 0 Å². The minimum Gasteiger partial charge on any atom is -0.345 e. The molecular formula is C16H18N6O. The predicted octanol–water partition coefficient (Wildman–Crippen LogP) is 1.97. The molecule has 7 nitrogen and oxygen atoms in total. The summed E-state index contributed by atoms with van der Waals surface area (Å²) in [5.74, 6) is -0.127. The Kier molecular flexibility index (Phi) is 4.18. The maximum Gasteiger partial charge on any atom is 0.254 e. The molecule has 0 saturated carbocycles. The van der Waals surface area contributed by atoms with Crippen molar-refractivity contribution < 1.29 is 4.79 Å². The molecule has 0 saturated heterocycles. The average Bonchev–Trinajstić information content (AvgIpc) is 3.26. The summed E-state index contributed by atoms with van der Waals surface area (Å²) in [4.78, 5) is 12.2. The largest absolute Gasteiger partial charge is 0.345 e. The number of carbonyl (C=O) groups excluding carboxylic acids is 1. The zero-order valence-corrected chi connectivity index (χ0v) is 13.0. The lowest BCUT2D eigenvalue weighted by molar-refractivity contribution is 0.0940. The van der Waals surface area contributed by atoms with Crippen LogP contribution < -0.4 is 5.32 Å². The van der Waals surface area contributed by atoms with Crippen LogP contribution in [-0.4, -0.2) is 30.7 Å². The highest BCUT2D eigenvalue weighted by molar-refractivity contribution is 5.93. The number of nitrogens with one attached hydrogen (secondary N) is 1. The van der Waals surface area contributed by atoms with E-state index in [0.29, 0.717) is 5.56 Å². The second kappa shape index (κ2) is 6.43. The van der Waals surface area contributed by atoms with E-state index in [2.05, 4.69) is 20.7 Å². The number of hydrogen-bond donors (Lipinski definition) is 1. The Morgan fingerprint density at radius 1 is 1.30 bits per heavy atom. The van der Waals surface area contributed by atoms with Gasteiger partial charge in [0.25, 0.3) is 5.91 Å². The van der Waals surface area contributed by atoms with Gasteiger partial charge in [-0.25, -0.2) is 4.68 Å². The highest BCUT2D eigenvalue weighted by Crippen LogP contribution is 2.15. The first-order valence-electron chi connectivity index (χ1n) is 7.47. The summed E-state index contributed by atoms with van der Waals surface area (Å²) in [5.41, 5.74) is 2.51. The lowest BCUT2D eigenvalue weighted by atomic mass is 10.1. The van der Waals surface area contributed by atoms with E-state index in [1.807, 2.05) is 38.1 Å². The van der Waals surface area contributed by atoms with E-state index in [1.54, 1.807) is 34.2 Å². The fraction of sp³-hybridized carbons (Fsp3) is 0.250. The van der Waals surface area contributed by atoms with Gasteiger partial charge in [-0.15, -0.1) is 5.10 Å². The quantitative estimate of drug-likeness (QED) is 0.781. The van der Waals surface area contributed by atoms with Gasteiger partial charge in [0, 0.05) is 12.7 Å². The van der Waals surface area contributed by atoms with Gasteiger partial charge < -0.3 is 5.32 Å². The standard InChI is InChI=1S/C16H18N6O/c1-3-21-11-14(10-18-21)16(23)19-12(2)13-4-6-15(7-5-13)22-9-8-17-20-22/h4-12H,3H2,1-2H3,(H,19,23). The third-order valence-electron chi connectivity index (χ3n) is 3.65. The zero-order chi connectivity index (χ0) is 16.2. The fourth-order valence-electron chi connectivity index (χ4n) is 2.28. The number of aromatic nitrogens is 5. The van der Waals surface area contributed by atoms with Crippen LogP contribution in [0.5, 0.6) is 0 Å². The van der Waals surface area contributed by atoms with E-state index in [1.165, 1.54) is 0 Å². The Labute approximate surface area is 133 Å². The van der Waals surface area contributed by atoms with Gasteiger partial charge in [-0.3, -0.25) is 9.48 Å². The molecule has 118 valence electrons. The molecule has 3 aromatic rings. The summed E-state index contributed by atoms with van der Waals surface area (Å²) in [5, 5.41) is 14.8. The van der Waals surface area contributed by atoms with Crippen LogP contribution in [-0.2, 0) is 6.54 Å². The minimum atomic E-state index is -0.127. The van der Waals surface area contributed by atoms with Crippen LogP contribution in [0.4, 0.5) is 0 Å². The Balaban J connectivity index is 1.68. The minimum absolute atomic E-state index is 0.0997. The molecule has 2 heterocycles. The molecule has 0 aliphatic rings. The zero-order valence-electron chi connectivity index (χ0n) is 13.0. The fourth-order valence-corrected chi connectivity index (χ4v) is 2.28. The molecule has 1 atom stereocenters. The first kappa shape index (κ1) is 15.0. The normalized spacial score (nSPS) is 12.1. The topological polar surface area (TPSA) is 77.6 Å². The Morgan fingerprint density at radius 3 is 2.70 bits per heavy atom. The van der Waals surface area contributed by atoms with Gasteiger partial charge >= 0.3 is 0 Å². The molecule has 0 spiro atoms. The van der Waals surface area contributed by atoms with E-state index >= 15 is 0 Å². The summed E-state index contributed by atoms with van der Waals surface area (Å²) in [7, 11) is 0. The second-order valence-electron chi connectivity index (χ2n) is 5.22. The SMILES string of the molecule is CCn1cc(C(=O)NC(C)c2ccc(-n3ccnn3)cc2)cn1. The van der Waals surface area contributed by atoms with Crippen molar-refractivity contribution in [3.05, 3.63) is 60.2 Å². The lowest BCUT2D eigenvalue weighted by Crippen LogP contribution is -2.26. The van der Waals surface area contributed by atoms with Crippen molar-refractivity contribution in [3.63, 3.8) is 0 Å². The number of benzene rings is 1. The highest BCUT2D eigenvalue weighted by atomic mass is 16.1. The molecule has 1 amide bonds. The molecule has 2 aromatic heterocycles. The van der Waals surface area contributed by atoms with Gasteiger partial charge in [-0.1, -0.05) is 17.3 Å². The summed E-state index contributed by atoms with van der Waals surface area (Å²) in [6.07, 6.45) is 6.74. The Hall–Kier alpha value is -2.96. The van der Waals surface area contributed by atoms with Crippen LogP contribution in [0.25, 0.3) is 5.69 Å². The highest BCUT2D eigenvalue weighted by Gasteiger charge is 2.13. The predicted molar refractivity (Wildman–Crippen MR) is 85.1 cm³/mol. The molecule has 7 heteroatoms. The Bertz CT molecular complexity index is 775.